The highest BCUT2D eigenvalue weighted by Crippen LogP contribution is 2.34. The van der Waals surface area contributed by atoms with Gasteiger partial charge in [0.1, 0.15) is 5.75 Å². The molecule has 4 nitrogen and oxygen atoms in total. The van der Waals surface area contributed by atoms with E-state index < -0.39 is 0 Å². The van der Waals surface area contributed by atoms with E-state index in [-0.39, 0.29) is 5.75 Å². The van der Waals surface area contributed by atoms with Crippen LogP contribution in [0.5, 0.6) is 5.75 Å². The maximum Gasteiger partial charge on any atom is 0.261 e. The van der Waals surface area contributed by atoms with Gasteiger partial charge in [0, 0.05) is 11.4 Å². The second kappa shape index (κ2) is 4.04. The van der Waals surface area contributed by atoms with Crippen LogP contribution < -0.4 is 0 Å². The van der Waals surface area contributed by atoms with Gasteiger partial charge in [-0.3, -0.25) is 0 Å². The van der Waals surface area contributed by atoms with Gasteiger partial charge >= 0.3 is 0 Å². The number of phenolic OH excluding ortho intramolecular Hbond substituents is 1. The lowest BCUT2D eigenvalue weighted by Gasteiger charge is -1.98. The normalized spacial score (nSPS) is 15.1. The third-order valence-electron chi connectivity index (χ3n) is 2.83. The average Bonchev–Trinajstić information content (AvgIpc) is 2.99. The molecule has 17 heavy (non-hydrogen) atoms. The van der Waals surface area contributed by atoms with Crippen LogP contribution in [0.4, 0.5) is 0 Å². The van der Waals surface area contributed by atoms with Crippen molar-refractivity contribution in [1.82, 2.24) is 10.1 Å². The molecule has 0 spiro atoms. The minimum absolute atomic E-state index is 0.0935. The summed E-state index contributed by atoms with van der Waals surface area (Å²) in [6.45, 7) is 0. The second-order valence-electron chi connectivity index (χ2n) is 4.32. The third kappa shape index (κ3) is 2.26. The second-order valence-corrected chi connectivity index (χ2v) is 4.76. The molecule has 1 aliphatic rings. The number of rotatable bonds is 3. The third-order valence-corrected chi connectivity index (χ3v) is 3.06. The molecule has 0 saturated heterocycles. The van der Waals surface area contributed by atoms with Crippen LogP contribution in [0, 0.1) is 5.92 Å². The van der Waals surface area contributed by atoms with Gasteiger partial charge in [0.15, 0.2) is 5.82 Å². The van der Waals surface area contributed by atoms with E-state index in [4.69, 9.17) is 16.1 Å². The van der Waals surface area contributed by atoms with E-state index in [2.05, 4.69) is 10.1 Å². The molecule has 1 aliphatic carbocycles. The van der Waals surface area contributed by atoms with Gasteiger partial charge in [0.25, 0.3) is 5.89 Å². The van der Waals surface area contributed by atoms with E-state index in [0.717, 1.165) is 6.42 Å². The fourth-order valence-corrected chi connectivity index (χ4v) is 1.88. The van der Waals surface area contributed by atoms with E-state index in [1.54, 1.807) is 12.1 Å². The summed E-state index contributed by atoms with van der Waals surface area (Å²) in [7, 11) is 0. The number of nitrogens with zero attached hydrogens (tertiary/aromatic N) is 2. The summed E-state index contributed by atoms with van der Waals surface area (Å²) in [6, 6.07) is 4.75. The van der Waals surface area contributed by atoms with Crippen LogP contribution in [0.25, 0.3) is 11.5 Å². The Kier molecular flexibility index (Phi) is 2.52. The molecule has 1 saturated carbocycles. The van der Waals surface area contributed by atoms with Crippen molar-refractivity contribution in [3.8, 4) is 17.2 Å². The monoisotopic (exact) mass is 250 g/mol. The molecule has 1 heterocycles. The summed E-state index contributed by atoms with van der Waals surface area (Å²) < 4.78 is 5.14. The number of benzene rings is 1. The predicted octanol–water partition coefficient (Wildman–Crippen LogP) is 3.05. The molecule has 88 valence electrons. The average molecular weight is 251 g/mol. The fourth-order valence-electron chi connectivity index (χ4n) is 1.71. The molecule has 0 radical (unpaired) electrons. The summed E-state index contributed by atoms with van der Waals surface area (Å²) in [5, 5.41) is 14.1. The summed E-state index contributed by atoms with van der Waals surface area (Å²) in [6.07, 6.45) is 3.34. The number of aromatic hydroxyl groups is 1. The zero-order valence-corrected chi connectivity index (χ0v) is 9.81. The highest BCUT2D eigenvalue weighted by Gasteiger charge is 2.24. The SMILES string of the molecule is Oc1ccc(Cl)cc1-c1nc(CC2CC2)no1. The Morgan fingerprint density at radius 1 is 1.41 bits per heavy atom. The van der Waals surface area contributed by atoms with Crippen molar-refractivity contribution in [2.45, 2.75) is 19.3 Å². The van der Waals surface area contributed by atoms with Crippen molar-refractivity contribution in [2.24, 2.45) is 5.92 Å². The molecule has 1 fully saturated rings. The first-order valence-corrected chi connectivity index (χ1v) is 5.91. The summed E-state index contributed by atoms with van der Waals surface area (Å²) in [4.78, 5) is 4.27. The number of hydrogen-bond acceptors (Lipinski definition) is 4. The van der Waals surface area contributed by atoms with Crippen molar-refractivity contribution in [3.05, 3.63) is 29.0 Å². The molecule has 0 unspecified atom stereocenters. The van der Waals surface area contributed by atoms with E-state index >= 15 is 0 Å². The van der Waals surface area contributed by atoms with Crippen LogP contribution in [-0.2, 0) is 6.42 Å². The van der Waals surface area contributed by atoms with E-state index in [1.165, 1.54) is 18.9 Å². The number of hydrogen-bond donors (Lipinski definition) is 1. The molecule has 0 amide bonds. The quantitative estimate of drug-likeness (QED) is 0.910. The number of phenols is 1. The summed E-state index contributed by atoms with van der Waals surface area (Å²) >= 11 is 5.87. The Bertz CT molecular complexity index is 549. The molecule has 1 aromatic heterocycles. The van der Waals surface area contributed by atoms with Gasteiger partial charge in [-0.05, 0) is 37.0 Å². The standard InChI is InChI=1S/C12H11ClN2O2/c13-8-3-4-10(16)9(6-8)12-14-11(15-17-12)5-7-1-2-7/h3-4,6-7,16H,1-2,5H2. The van der Waals surface area contributed by atoms with Crippen LogP contribution in [0.15, 0.2) is 22.7 Å². The Balaban J connectivity index is 1.91. The van der Waals surface area contributed by atoms with Gasteiger partial charge in [-0.15, -0.1) is 0 Å². The van der Waals surface area contributed by atoms with E-state index in [0.29, 0.717) is 28.2 Å². The van der Waals surface area contributed by atoms with Crippen molar-refractivity contribution >= 4 is 11.6 Å². The maximum atomic E-state index is 9.71. The Hall–Kier alpha value is -1.55. The minimum Gasteiger partial charge on any atom is -0.507 e. The highest BCUT2D eigenvalue weighted by molar-refractivity contribution is 6.30. The molecule has 0 atom stereocenters. The van der Waals surface area contributed by atoms with Gasteiger partial charge in [-0.25, -0.2) is 0 Å². The minimum atomic E-state index is 0.0935. The summed E-state index contributed by atoms with van der Waals surface area (Å²) in [5.74, 6) is 1.81. The lowest BCUT2D eigenvalue weighted by molar-refractivity contribution is 0.416. The van der Waals surface area contributed by atoms with Crippen molar-refractivity contribution in [2.75, 3.05) is 0 Å². The van der Waals surface area contributed by atoms with Crippen LogP contribution >= 0.6 is 11.6 Å². The molecule has 2 aromatic rings. The molecular weight excluding hydrogens is 240 g/mol. The van der Waals surface area contributed by atoms with Gasteiger partial charge in [0.05, 0.1) is 5.56 Å². The molecule has 3 rings (SSSR count). The van der Waals surface area contributed by atoms with Crippen molar-refractivity contribution in [3.63, 3.8) is 0 Å². The Labute approximate surface area is 103 Å². The number of aromatic nitrogens is 2. The maximum absolute atomic E-state index is 9.71. The molecule has 0 bridgehead atoms. The molecule has 0 aliphatic heterocycles. The van der Waals surface area contributed by atoms with Crippen molar-refractivity contribution in [1.29, 1.82) is 0 Å². The first kappa shape index (κ1) is 10.6. The van der Waals surface area contributed by atoms with Crippen LogP contribution in [0.2, 0.25) is 5.02 Å². The van der Waals surface area contributed by atoms with Gasteiger partial charge in [-0.2, -0.15) is 4.98 Å². The molecule has 1 aromatic carbocycles. The van der Waals surface area contributed by atoms with Gasteiger partial charge in [0.2, 0.25) is 0 Å². The molecular formula is C12H11ClN2O2. The number of halogens is 1. The Morgan fingerprint density at radius 2 is 2.24 bits per heavy atom. The highest BCUT2D eigenvalue weighted by atomic mass is 35.5. The zero-order valence-electron chi connectivity index (χ0n) is 9.06. The predicted molar refractivity (Wildman–Crippen MR) is 62.8 cm³/mol. The molecule has 5 heteroatoms. The van der Waals surface area contributed by atoms with Crippen LogP contribution in [0.3, 0.4) is 0 Å². The van der Waals surface area contributed by atoms with Crippen molar-refractivity contribution < 1.29 is 9.63 Å². The largest absolute Gasteiger partial charge is 0.507 e. The lowest BCUT2D eigenvalue weighted by Crippen LogP contribution is -1.89. The topological polar surface area (TPSA) is 59.2 Å². The van der Waals surface area contributed by atoms with E-state index in [1.807, 2.05) is 0 Å². The van der Waals surface area contributed by atoms with Gasteiger partial charge < -0.3 is 9.63 Å². The summed E-state index contributed by atoms with van der Waals surface area (Å²) in [5.41, 5.74) is 0.479. The Morgan fingerprint density at radius 3 is 3.00 bits per heavy atom. The van der Waals surface area contributed by atoms with Crippen LogP contribution in [0.1, 0.15) is 18.7 Å². The van der Waals surface area contributed by atoms with E-state index in [9.17, 15) is 5.11 Å². The first-order valence-electron chi connectivity index (χ1n) is 5.54. The zero-order chi connectivity index (χ0) is 11.8. The molecule has 1 N–H and O–H groups in total. The van der Waals surface area contributed by atoms with Crippen LogP contribution in [-0.4, -0.2) is 15.2 Å². The lowest BCUT2D eigenvalue weighted by atomic mass is 10.2. The fraction of sp³-hybridized carbons (Fsp3) is 0.333. The first-order chi connectivity index (χ1) is 8.22. The van der Waals surface area contributed by atoms with Gasteiger partial charge in [-0.1, -0.05) is 16.8 Å². The smallest absolute Gasteiger partial charge is 0.261 e.